The van der Waals surface area contributed by atoms with Crippen LogP contribution in [0.5, 0.6) is 0 Å². The number of allylic oxidation sites excluding steroid dienone is 1. The third-order valence-electron chi connectivity index (χ3n) is 1.39. The van der Waals surface area contributed by atoms with Crippen LogP contribution in [0.25, 0.3) is 0 Å². The van der Waals surface area contributed by atoms with E-state index in [9.17, 15) is 4.79 Å². The van der Waals surface area contributed by atoms with Crippen molar-refractivity contribution in [3.8, 4) is 0 Å². The molecule has 2 rings (SSSR count). The van der Waals surface area contributed by atoms with E-state index < -0.39 is 0 Å². The van der Waals surface area contributed by atoms with Gasteiger partial charge >= 0.3 is 0 Å². The lowest BCUT2D eigenvalue weighted by Gasteiger charge is -2.19. The molecule has 0 aromatic carbocycles. The fourth-order valence-electron chi connectivity index (χ4n) is 0.892. The van der Waals surface area contributed by atoms with Crippen LogP contribution >= 0.6 is 0 Å². The number of carbonyl (C=O) groups is 1. The standard InChI is InChI=1S/C7H6N4O/c12-7-5-8-4-6-9-2-1-3-11(6)10-7/h1-5H,(H,10,12). The molecule has 5 heteroatoms. The molecule has 0 radical (unpaired) electrons. The van der Waals surface area contributed by atoms with Crippen molar-refractivity contribution in [3.63, 3.8) is 0 Å². The maximum Gasteiger partial charge on any atom is 0.281 e. The summed E-state index contributed by atoms with van der Waals surface area (Å²) in [5.41, 5.74) is 2.56. The lowest BCUT2D eigenvalue weighted by Crippen LogP contribution is -2.37. The molecule has 0 saturated carbocycles. The number of carbonyl (C=O) groups excluding carboxylic acids is 1. The molecule has 2 aliphatic heterocycles. The highest BCUT2D eigenvalue weighted by Crippen LogP contribution is 2.08. The van der Waals surface area contributed by atoms with E-state index in [1.807, 2.05) is 0 Å². The zero-order chi connectivity index (χ0) is 8.39. The third kappa shape index (κ3) is 1.12. The van der Waals surface area contributed by atoms with Crippen molar-refractivity contribution in [1.29, 1.82) is 0 Å². The number of aliphatic imine (C=N–C) groups is 2. The predicted octanol–water partition coefficient (Wildman–Crippen LogP) is -0.199. The summed E-state index contributed by atoms with van der Waals surface area (Å²) in [6.07, 6.45) is 7.77. The van der Waals surface area contributed by atoms with E-state index in [0.717, 1.165) is 0 Å². The summed E-state index contributed by atoms with van der Waals surface area (Å²) >= 11 is 0. The van der Waals surface area contributed by atoms with Crippen molar-refractivity contribution in [2.45, 2.75) is 0 Å². The summed E-state index contributed by atoms with van der Waals surface area (Å²) < 4.78 is 0. The summed E-state index contributed by atoms with van der Waals surface area (Å²) in [6, 6.07) is 0. The number of fused-ring (bicyclic) bond motifs is 1. The fourth-order valence-corrected chi connectivity index (χ4v) is 0.892. The van der Waals surface area contributed by atoms with Gasteiger partial charge in [0.05, 0.1) is 12.4 Å². The minimum absolute atomic E-state index is 0.261. The van der Waals surface area contributed by atoms with Gasteiger partial charge in [-0.25, -0.2) is 10.0 Å². The largest absolute Gasteiger partial charge is 0.281 e. The lowest BCUT2D eigenvalue weighted by atomic mass is 10.5. The molecule has 5 nitrogen and oxygen atoms in total. The summed E-state index contributed by atoms with van der Waals surface area (Å²) in [4.78, 5) is 18.7. The Balaban J connectivity index is 2.31. The molecule has 2 aliphatic rings. The molecular weight excluding hydrogens is 156 g/mol. The normalized spacial score (nSPS) is 19.8. The summed E-state index contributed by atoms with van der Waals surface area (Å²) in [6.45, 7) is 0. The van der Waals surface area contributed by atoms with Crippen LogP contribution in [0.4, 0.5) is 0 Å². The van der Waals surface area contributed by atoms with Crippen LogP contribution < -0.4 is 5.43 Å². The molecule has 1 N–H and O–H groups in total. The van der Waals surface area contributed by atoms with Crippen LogP contribution in [0.1, 0.15) is 0 Å². The van der Waals surface area contributed by atoms with Crippen molar-refractivity contribution in [2.75, 3.05) is 0 Å². The number of amides is 1. The number of hydrogen-bond acceptors (Lipinski definition) is 4. The van der Waals surface area contributed by atoms with E-state index in [1.165, 1.54) is 17.4 Å². The van der Waals surface area contributed by atoms with Gasteiger partial charge in [-0.2, -0.15) is 0 Å². The Kier molecular flexibility index (Phi) is 1.48. The Morgan fingerprint density at radius 1 is 1.50 bits per heavy atom. The SMILES string of the molecule is O=C1C=NC=C2N=CC=CN2N1. The van der Waals surface area contributed by atoms with Gasteiger partial charge in [-0.15, -0.1) is 0 Å². The van der Waals surface area contributed by atoms with E-state index in [-0.39, 0.29) is 5.91 Å². The van der Waals surface area contributed by atoms with Crippen LogP contribution in [0, 0.1) is 0 Å². The first-order chi connectivity index (χ1) is 5.86. The van der Waals surface area contributed by atoms with E-state index in [1.54, 1.807) is 18.5 Å². The van der Waals surface area contributed by atoms with E-state index in [0.29, 0.717) is 5.82 Å². The molecule has 2 heterocycles. The fraction of sp³-hybridized carbons (Fsp3) is 0. The van der Waals surface area contributed by atoms with Crippen molar-refractivity contribution in [1.82, 2.24) is 10.4 Å². The number of rotatable bonds is 0. The van der Waals surface area contributed by atoms with Gasteiger partial charge in [0.1, 0.15) is 0 Å². The first-order valence-corrected chi connectivity index (χ1v) is 3.40. The van der Waals surface area contributed by atoms with Crippen LogP contribution in [-0.2, 0) is 4.79 Å². The second-order valence-electron chi connectivity index (χ2n) is 2.23. The molecule has 60 valence electrons. The molecule has 0 spiro atoms. The average Bonchev–Trinajstić information content (AvgIpc) is 2.25. The molecule has 0 unspecified atom stereocenters. The predicted molar refractivity (Wildman–Crippen MR) is 44.2 cm³/mol. The smallest absolute Gasteiger partial charge is 0.266 e. The Morgan fingerprint density at radius 3 is 3.33 bits per heavy atom. The van der Waals surface area contributed by atoms with Gasteiger partial charge in [0.2, 0.25) is 0 Å². The summed E-state index contributed by atoms with van der Waals surface area (Å²) in [5.74, 6) is 0.336. The topological polar surface area (TPSA) is 57.1 Å². The lowest BCUT2D eigenvalue weighted by molar-refractivity contribution is -0.117. The van der Waals surface area contributed by atoms with Gasteiger partial charge in [0, 0.05) is 12.4 Å². The summed E-state index contributed by atoms with van der Waals surface area (Å²) in [5, 5.41) is 1.51. The van der Waals surface area contributed by atoms with Gasteiger partial charge in [0.25, 0.3) is 5.91 Å². The second-order valence-corrected chi connectivity index (χ2v) is 2.23. The van der Waals surface area contributed by atoms with Gasteiger partial charge in [-0.3, -0.25) is 15.2 Å². The zero-order valence-corrected chi connectivity index (χ0v) is 6.14. The molecule has 0 atom stereocenters. The van der Waals surface area contributed by atoms with E-state index >= 15 is 0 Å². The van der Waals surface area contributed by atoms with Gasteiger partial charge < -0.3 is 0 Å². The molecular formula is C7H6N4O. The minimum Gasteiger partial charge on any atom is -0.266 e. The number of hydrogen-bond donors (Lipinski definition) is 1. The molecule has 1 amide bonds. The third-order valence-corrected chi connectivity index (χ3v) is 1.39. The number of nitrogens with one attached hydrogen (secondary N) is 1. The van der Waals surface area contributed by atoms with Gasteiger partial charge in [0.15, 0.2) is 5.82 Å². The Hall–Kier alpha value is -1.91. The summed E-state index contributed by atoms with van der Waals surface area (Å²) in [7, 11) is 0. The quantitative estimate of drug-likeness (QED) is 0.536. The van der Waals surface area contributed by atoms with Crippen molar-refractivity contribution in [3.05, 3.63) is 24.3 Å². The Labute approximate surface area is 68.8 Å². The molecule has 0 aromatic heterocycles. The van der Waals surface area contributed by atoms with Gasteiger partial charge in [-0.1, -0.05) is 0 Å². The maximum absolute atomic E-state index is 10.9. The minimum atomic E-state index is -0.261. The number of hydrazine groups is 1. The molecule has 0 bridgehead atoms. The monoisotopic (exact) mass is 162 g/mol. The zero-order valence-electron chi connectivity index (χ0n) is 6.14. The van der Waals surface area contributed by atoms with E-state index in [4.69, 9.17) is 0 Å². The first kappa shape index (κ1) is 6.78. The molecule has 0 aromatic rings. The molecule has 0 aliphatic carbocycles. The van der Waals surface area contributed by atoms with E-state index in [2.05, 4.69) is 15.4 Å². The average molecular weight is 162 g/mol. The Bertz CT molecular complexity index is 326. The van der Waals surface area contributed by atoms with Crippen LogP contribution in [0.3, 0.4) is 0 Å². The number of nitrogens with zero attached hydrogens (tertiary/aromatic N) is 3. The van der Waals surface area contributed by atoms with Crippen molar-refractivity contribution in [2.24, 2.45) is 9.98 Å². The first-order valence-electron chi connectivity index (χ1n) is 3.40. The highest BCUT2D eigenvalue weighted by Gasteiger charge is 2.11. The van der Waals surface area contributed by atoms with Crippen molar-refractivity contribution >= 4 is 18.3 Å². The van der Waals surface area contributed by atoms with Crippen molar-refractivity contribution < 1.29 is 4.79 Å². The molecule has 0 saturated heterocycles. The molecule has 0 fully saturated rings. The highest BCUT2D eigenvalue weighted by molar-refractivity contribution is 6.26. The maximum atomic E-state index is 10.9. The Morgan fingerprint density at radius 2 is 2.42 bits per heavy atom. The van der Waals surface area contributed by atoms with Crippen LogP contribution in [-0.4, -0.2) is 23.3 Å². The van der Waals surface area contributed by atoms with Crippen LogP contribution in [0.15, 0.2) is 34.3 Å². The van der Waals surface area contributed by atoms with Gasteiger partial charge in [-0.05, 0) is 6.08 Å². The molecule has 12 heavy (non-hydrogen) atoms. The van der Waals surface area contributed by atoms with Crippen LogP contribution in [0.2, 0.25) is 0 Å². The highest BCUT2D eigenvalue weighted by atomic mass is 16.2. The second kappa shape index (κ2) is 2.61.